The second kappa shape index (κ2) is 7.58. The summed E-state index contributed by atoms with van der Waals surface area (Å²) < 4.78 is 49.1. The summed E-state index contributed by atoms with van der Waals surface area (Å²) in [6.45, 7) is -0.201. The molecule has 2 aromatic rings. The average molecular weight is 437 g/mol. The van der Waals surface area contributed by atoms with Crippen molar-refractivity contribution in [3.05, 3.63) is 62.4 Å². The van der Waals surface area contributed by atoms with Gasteiger partial charge in [0.1, 0.15) is 34.3 Å². The van der Waals surface area contributed by atoms with Crippen LogP contribution in [0.5, 0.6) is 5.75 Å². The first-order valence-corrected chi connectivity index (χ1v) is 10.3. The lowest BCUT2D eigenvalue weighted by Gasteiger charge is -2.33. The molecule has 2 aliphatic rings. The predicted octanol–water partition coefficient (Wildman–Crippen LogP) is 0.779. The minimum absolute atomic E-state index is 0.148. The molecule has 0 saturated carbocycles. The Bertz CT molecular complexity index is 1100. The fourth-order valence-corrected chi connectivity index (χ4v) is 4.57. The lowest BCUT2D eigenvalue weighted by molar-refractivity contribution is -0.0563. The zero-order valence-electron chi connectivity index (χ0n) is 15.3. The molecule has 9 nitrogen and oxygen atoms in total. The molecule has 1 aromatic carbocycles. The molecule has 4 rings (SSSR count). The fraction of sp³-hybridized carbons (Fsp3) is 0.375. The summed E-state index contributed by atoms with van der Waals surface area (Å²) in [5.41, 5.74) is -1.67. The quantitative estimate of drug-likeness (QED) is 0.538. The first-order valence-electron chi connectivity index (χ1n) is 8.76. The summed E-state index contributed by atoms with van der Waals surface area (Å²) in [6, 6.07) is 3.62. The van der Waals surface area contributed by atoms with Gasteiger partial charge in [0, 0.05) is 5.56 Å². The van der Waals surface area contributed by atoms with Gasteiger partial charge in [0.2, 0.25) is 5.82 Å². The number of hydrogen-bond donors (Lipinski definition) is 2. The zero-order chi connectivity index (χ0) is 21.7. The van der Waals surface area contributed by atoms with Crippen molar-refractivity contribution < 1.29 is 32.0 Å². The van der Waals surface area contributed by atoms with Crippen LogP contribution in [-0.2, 0) is 20.4 Å². The first-order chi connectivity index (χ1) is 14.1. The van der Waals surface area contributed by atoms with E-state index < -0.39 is 48.8 Å². The Labute approximate surface area is 171 Å². The number of aromatic amines is 1. The molecule has 0 spiro atoms. The third-order valence-corrected chi connectivity index (χ3v) is 6.06. The van der Waals surface area contributed by atoms with Crippen LogP contribution in [0.1, 0.15) is 24.6 Å². The molecular formula is C16H14B2F2N2O7P+. The fourth-order valence-electron chi connectivity index (χ4n) is 3.19. The molecule has 14 heteroatoms. The second-order valence-electron chi connectivity index (χ2n) is 6.83. The number of fused-ring (bicyclic) bond motifs is 1. The summed E-state index contributed by atoms with van der Waals surface area (Å²) in [4.78, 5) is 35.5. The normalized spacial score (nSPS) is 26.2. The third-order valence-electron chi connectivity index (χ3n) is 4.63. The van der Waals surface area contributed by atoms with Crippen molar-refractivity contribution >= 4 is 23.9 Å². The van der Waals surface area contributed by atoms with E-state index in [0.29, 0.717) is 11.8 Å². The van der Waals surface area contributed by atoms with Crippen LogP contribution in [-0.4, -0.2) is 41.6 Å². The van der Waals surface area contributed by atoms with Gasteiger partial charge in [-0.1, -0.05) is 0 Å². The van der Waals surface area contributed by atoms with Crippen LogP contribution in [0.3, 0.4) is 0 Å². The van der Waals surface area contributed by atoms with E-state index in [9.17, 15) is 23.3 Å². The summed E-state index contributed by atoms with van der Waals surface area (Å²) in [6.07, 6.45) is -0.944. The van der Waals surface area contributed by atoms with Gasteiger partial charge in [0.05, 0.1) is 17.7 Å². The van der Waals surface area contributed by atoms with Gasteiger partial charge in [0.15, 0.2) is 5.75 Å². The van der Waals surface area contributed by atoms with Crippen LogP contribution in [0.25, 0.3) is 0 Å². The topological polar surface area (TPSA) is 112 Å². The number of nitrogens with one attached hydrogen (secondary N) is 1. The Morgan fingerprint density at radius 3 is 2.83 bits per heavy atom. The molecule has 3 unspecified atom stereocenters. The Morgan fingerprint density at radius 1 is 1.30 bits per heavy atom. The van der Waals surface area contributed by atoms with Gasteiger partial charge in [-0.05, 0) is 31.0 Å². The number of halogens is 2. The van der Waals surface area contributed by atoms with E-state index in [-0.39, 0.29) is 25.2 Å². The molecular weight excluding hydrogens is 423 g/mol. The largest absolute Gasteiger partial charge is 0.618 e. The number of aromatic nitrogens is 2. The Kier molecular flexibility index (Phi) is 5.36. The van der Waals surface area contributed by atoms with Crippen LogP contribution in [0, 0.1) is 11.6 Å². The monoisotopic (exact) mass is 437 g/mol. The van der Waals surface area contributed by atoms with Gasteiger partial charge in [0.25, 0.3) is 5.56 Å². The van der Waals surface area contributed by atoms with Gasteiger partial charge in [-0.2, -0.15) is 13.8 Å². The van der Waals surface area contributed by atoms with Crippen LogP contribution >= 0.6 is 8.17 Å². The molecule has 1 saturated heterocycles. The number of ether oxygens (including phenoxy) is 1. The van der Waals surface area contributed by atoms with Crippen molar-refractivity contribution in [1.29, 1.82) is 0 Å². The average Bonchev–Trinajstić information content (AvgIpc) is 3.15. The highest BCUT2D eigenvalue weighted by Gasteiger charge is 2.56. The van der Waals surface area contributed by atoms with Crippen LogP contribution < -0.4 is 15.8 Å². The standard InChI is InChI=1S/C16H13B2F2N2O7P/c17-16(18,29-30(25)26-7-8-5-9(19)1-2-11(8)28-30)12-3-4-13(27-12)22-6-10(20)14(23)21-15(22)24/h1-2,5-6,12-13,25H,3-4,7H2/p+1. The number of H-pyrrole nitrogens is 1. The van der Waals surface area contributed by atoms with Crippen LogP contribution in [0.4, 0.5) is 8.78 Å². The third kappa shape index (κ3) is 4.08. The predicted molar refractivity (Wildman–Crippen MR) is 101 cm³/mol. The van der Waals surface area contributed by atoms with E-state index >= 15 is 0 Å². The van der Waals surface area contributed by atoms with E-state index in [4.69, 9.17) is 34.0 Å². The first kappa shape index (κ1) is 21.2. The molecule has 1 fully saturated rings. The van der Waals surface area contributed by atoms with Crippen LogP contribution in [0.2, 0.25) is 0 Å². The van der Waals surface area contributed by atoms with Gasteiger partial charge in [-0.15, -0.1) is 4.52 Å². The number of hydrogen-bond acceptors (Lipinski definition) is 7. The van der Waals surface area contributed by atoms with E-state index in [1.54, 1.807) is 0 Å². The summed E-state index contributed by atoms with van der Waals surface area (Å²) in [5, 5.41) is -2.11. The number of nitrogens with zero attached hydrogens (tertiary/aromatic N) is 1. The molecule has 3 heterocycles. The van der Waals surface area contributed by atoms with Crippen molar-refractivity contribution in [2.24, 2.45) is 0 Å². The highest BCUT2D eigenvalue weighted by molar-refractivity contribution is 7.56. The SMILES string of the molecule is [B]C([B])(O[P+]1(O)OCc2cc(F)ccc2O1)C1CCC(n2cc(F)c(=O)[nH]c2=O)O1. The lowest BCUT2D eigenvalue weighted by atomic mass is 9.61. The smallest absolute Gasteiger partial charge is 0.353 e. The molecule has 0 aliphatic carbocycles. The van der Waals surface area contributed by atoms with Crippen molar-refractivity contribution in [3.8, 4) is 5.75 Å². The molecule has 0 amide bonds. The van der Waals surface area contributed by atoms with E-state index in [1.165, 1.54) is 12.1 Å². The van der Waals surface area contributed by atoms with E-state index in [0.717, 1.165) is 10.6 Å². The second-order valence-corrected chi connectivity index (χ2v) is 8.39. The number of rotatable bonds is 4. The Balaban J connectivity index is 1.48. The highest BCUT2D eigenvalue weighted by atomic mass is 31.2. The van der Waals surface area contributed by atoms with Crippen molar-refractivity contribution in [2.45, 2.75) is 37.2 Å². The van der Waals surface area contributed by atoms with E-state index in [2.05, 4.69) is 0 Å². The summed E-state index contributed by atoms with van der Waals surface area (Å²) >= 11 is 0. The minimum atomic E-state index is -4.03. The molecule has 0 bridgehead atoms. The van der Waals surface area contributed by atoms with Crippen molar-refractivity contribution in [1.82, 2.24) is 9.55 Å². The van der Waals surface area contributed by atoms with Crippen molar-refractivity contribution in [3.63, 3.8) is 0 Å². The molecule has 4 radical (unpaired) electrons. The molecule has 30 heavy (non-hydrogen) atoms. The molecule has 3 atom stereocenters. The highest BCUT2D eigenvalue weighted by Crippen LogP contribution is 2.63. The Hall–Kier alpha value is -2.04. The van der Waals surface area contributed by atoms with Crippen molar-refractivity contribution in [2.75, 3.05) is 0 Å². The minimum Gasteiger partial charge on any atom is -0.353 e. The zero-order valence-corrected chi connectivity index (χ0v) is 16.2. The summed E-state index contributed by atoms with van der Waals surface area (Å²) in [5.74, 6) is -1.52. The molecule has 1 aromatic heterocycles. The van der Waals surface area contributed by atoms with E-state index in [1.807, 2.05) is 4.98 Å². The lowest BCUT2D eigenvalue weighted by Crippen LogP contribution is -2.47. The molecule has 154 valence electrons. The molecule has 2 aliphatic heterocycles. The maximum atomic E-state index is 13.5. The van der Waals surface area contributed by atoms with Gasteiger partial charge in [-0.25, -0.2) is 9.18 Å². The van der Waals surface area contributed by atoms with Gasteiger partial charge < -0.3 is 4.74 Å². The maximum Gasteiger partial charge on any atom is 0.618 e. The molecule has 2 N–H and O–H groups in total. The van der Waals surface area contributed by atoms with Gasteiger partial charge >= 0.3 is 13.9 Å². The van der Waals surface area contributed by atoms with Gasteiger partial charge in [-0.3, -0.25) is 18.9 Å². The van der Waals surface area contributed by atoms with Crippen LogP contribution in [0.15, 0.2) is 34.0 Å². The summed E-state index contributed by atoms with van der Waals surface area (Å²) in [7, 11) is 7.92. The number of benzene rings is 1. The maximum absolute atomic E-state index is 13.5. The Morgan fingerprint density at radius 2 is 2.07 bits per heavy atom.